The first-order chi connectivity index (χ1) is 7.17. The van der Waals surface area contributed by atoms with Gasteiger partial charge in [0.05, 0.1) is 20.1 Å². The summed E-state index contributed by atoms with van der Waals surface area (Å²) in [5.41, 5.74) is 0.340. The summed E-state index contributed by atoms with van der Waals surface area (Å²) in [6.07, 6.45) is -0.00630. The minimum atomic E-state index is -0.542. The van der Waals surface area contributed by atoms with Gasteiger partial charge in [0.1, 0.15) is 0 Å². The summed E-state index contributed by atoms with van der Waals surface area (Å²) in [4.78, 5) is 11.1. The number of aliphatic hydroxyl groups is 1. The van der Waals surface area contributed by atoms with Gasteiger partial charge in [-0.2, -0.15) is 0 Å². The first-order valence-electron chi connectivity index (χ1n) is 4.41. The van der Waals surface area contributed by atoms with Gasteiger partial charge in [-0.05, 0) is 12.1 Å². The molecule has 0 unspecified atom stereocenters. The molecule has 0 aliphatic rings. The Labute approximate surface area is 86.7 Å². The second-order valence-electron chi connectivity index (χ2n) is 2.87. The van der Waals surface area contributed by atoms with E-state index in [1.165, 1.54) is 19.2 Å². The number of rotatable bonds is 4. The van der Waals surface area contributed by atoms with Gasteiger partial charge in [0.2, 0.25) is 5.91 Å². The van der Waals surface area contributed by atoms with E-state index in [4.69, 9.17) is 9.84 Å². The van der Waals surface area contributed by atoms with Gasteiger partial charge in [-0.3, -0.25) is 4.79 Å². The van der Waals surface area contributed by atoms with Crippen LogP contribution in [0.2, 0.25) is 0 Å². The molecule has 5 heteroatoms. The van der Waals surface area contributed by atoms with Crippen molar-refractivity contribution >= 4 is 11.6 Å². The number of halogens is 1. The first kappa shape index (κ1) is 11.5. The number of hydrogen-bond donors (Lipinski definition) is 2. The van der Waals surface area contributed by atoms with Crippen LogP contribution in [0.25, 0.3) is 0 Å². The zero-order chi connectivity index (χ0) is 11.3. The van der Waals surface area contributed by atoms with Gasteiger partial charge in [0.25, 0.3) is 0 Å². The average molecular weight is 213 g/mol. The minimum Gasteiger partial charge on any atom is -0.494 e. The second kappa shape index (κ2) is 5.31. The Kier molecular flexibility index (Phi) is 4.05. The molecule has 15 heavy (non-hydrogen) atoms. The maximum atomic E-state index is 13.2. The summed E-state index contributed by atoms with van der Waals surface area (Å²) in [6.45, 7) is -0.232. The summed E-state index contributed by atoms with van der Waals surface area (Å²) in [6, 6.07) is 4.11. The standard InChI is InChI=1S/C10H12FNO3/c1-15-9-3-2-7(6-8(9)11)12-10(14)4-5-13/h2-3,6,13H,4-5H2,1H3,(H,12,14). The van der Waals surface area contributed by atoms with Crippen molar-refractivity contribution in [2.45, 2.75) is 6.42 Å². The molecule has 1 aromatic carbocycles. The molecule has 1 aromatic rings. The third-order valence-electron chi connectivity index (χ3n) is 1.77. The molecule has 0 bridgehead atoms. The first-order valence-corrected chi connectivity index (χ1v) is 4.41. The fourth-order valence-corrected chi connectivity index (χ4v) is 1.07. The molecule has 2 N–H and O–H groups in total. The highest BCUT2D eigenvalue weighted by atomic mass is 19.1. The monoisotopic (exact) mass is 213 g/mol. The predicted octanol–water partition coefficient (Wildman–Crippen LogP) is 1.16. The Morgan fingerprint density at radius 2 is 2.33 bits per heavy atom. The van der Waals surface area contributed by atoms with Crippen LogP contribution in [-0.2, 0) is 4.79 Å². The summed E-state index contributed by atoms with van der Waals surface area (Å²) in [5.74, 6) is -0.781. The summed E-state index contributed by atoms with van der Waals surface area (Å²) >= 11 is 0. The van der Waals surface area contributed by atoms with Gasteiger partial charge in [0.15, 0.2) is 11.6 Å². The van der Waals surface area contributed by atoms with Gasteiger partial charge in [-0.1, -0.05) is 0 Å². The van der Waals surface area contributed by atoms with Gasteiger partial charge in [0, 0.05) is 11.8 Å². The molecule has 0 atom stereocenters. The van der Waals surface area contributed by atoms with E-state index < -0.39 is 5.82 Å². The molecule has 1 amide bonds. The molecule has 0 fully saturated rings. The number of hydrogen-bond acceptors (Lipinski definition) is 3. The van der Waals surface area contributed by atoms with Crippen molar-refractivity contribution in [1.82, 2.24) is 0 Å². The Hall–Kier alpha value is -1.62. The van der Waals surface area contributed by atoms with Crippen molar-refractivity contribution in [2.24, 2.45) is 0 Å². The molecule has 0 radical (unpaired) electrons. The summed E-state index contributed by atoms with van der Waals surface area (Å²) in [7, 11) is 1.36. The molecule has 0 aliphatic carbocycles. The van der Waals surface area contributed by atoms with E-state index in [2.05, 4.69) is 5.32 Å². The number of ether oxygens (including phenoxy) is 1. The third-order valence-corrected chi connectivity index (χ3v) is 1.77. The molecule has 4 nitrogen and oxygen atoms in total. The lowest BCUT2D eigenvalue weighted by atomic mass is 10.3. The number of carbonyl (C=O) groups excluding carboxylic acids is 1. The van der Waals surface area contributed by atoms with E-state index in [1.54, 1.807) is 0 Å². The van der Waals surface area contributed by atoms with Crippen molar-refractivity contribution in [3.63, 3.8) is 0 Å². The van der Waals surface area contributed by atoms with Crippen LogP contribution in [0.4, 0.5) is 10.1 Å². The van der Waals surface area contributed by atoms with Gasteiger partial charge in [-0.15, -0.1) is 0 Å². The van der Waals surface area contributed by atoms with Crippen molar-refractivity contribution in [1.29, 1.82) is 0 Å². The molecule has 0 saturated heterocycles. The largest absolute Gasteiger partial charge is 0.494 e. The van der Waals surface area contributed by atoms with Crippen LogP contribution in [0.1, 0.15) is 6.42 Å². The van der Waals surface area contributed by atoms with Crippen LogP contribution in [0, 0.1) is 5.82 Å². The molecular formula is C10H12FNO3. The highest BCUT2D eigenvalue weighted by Gasteiger charge is 2.05. The van der Waals surface area contributed by atoms with E-state index in [0.717, 1.165) is 6.07 Å². The highest BCUT2D eigenvalue weighted by molar-refractivity contribution is 5.90. The number of methoxy groups -OCH3 is 1. The van der Waals surface area contributed by atoms with Crippen LogP contribution in [0.5, 0.6) is 5.75 Å². The molecule has 0 heterocycles. The highest BCUT2D eigenvalue weighted by Crippen LogP contribution is 2.20. The van der Waals surface area contributed by atoms with Gasteiger partial charge in [-0.25, -0.2) is 4.39 Å². The fraction of sp³-hybridized carbons (Fsp3) is 0.300. The molecule has 1 rings (SSSR count). The van der Waals surface area contributed by atoms with Crippen molar-refractivity contribution < 1.29 is 19.0 Å². The number of nitrogens with one attached hydrogen (secondary N) is 1. The van der Waals surface area contributed by atoms with Crippen molar-refractivity contribution in [2.75, 3.05) is 19.0 Å². The number of anilines is 1. The zero-order valence-corrected chi connectivity index (χ0v) is 8.29. The van der Waals surface area contributed by atoms with Gasteiger partial charge < -0.3 is 15.2 Å². The number of aliphatic hydroxyl groups excluding tert-OH is 1. The lowest BCUT2D eigenvalue weighted by Crippen LogP contribution is -2.12. The maximum Gasteiger partial charge on any atom is 0.226 e. The number of carbonyl (C=O) groups is 1. The summed E-state index contributed by atoms with van der Waals surface area (Å²) in [5, 5.41) is 10.9. The van der Waals surface area contributed by atoms with Crippen LogP contribution in [0.3, 0.4) is 0 Å². The second-order valence-corrected chi connectivity index (χ2v) is 2.87. The van der Waals surface area contributed by atoms with E-state index in [1.807, 2.05) is 0 Å². The number of amides is 1. The Balaban J connectivity index is 2.71. The van der Waals surface area contributed by atoms with Crippen molar-refractivity contribution in [3.8, 4) is 5.75 Å². The number of benzene rings is 1. The van der Waals surface area contributed by atoms with Crippen LogP contribution in [-0.4, -0.2) is 24.7 Å². The Bertz CT molecular complexity index is 355. The van der Waals surface area contributed by atoms with Crippen LogP contribution < -0.4 is 10.1 Å². The minimum absolute atomic E-state index is 0.00630. The van der Waals surface area contributed by atoms with Crippen LogP contribution in [0.15, 0.2) is 18.2 Å². The van der Waals surface area contributed by atoms with Crippen LogP contribution >= 0.6 is 0 Å². The Morgan fingerprint density at radius 3 is 2.87 bits per heavy atom. The predicted molar refractivity (Wildman–Crippen MR) is 53.3 cm³/mol. The van der Waals surface area contributed by atoms with E-state index in [-0.39, 0.29) is 24.7 Å². The lowest BCUT2D eigenvalue weighted by Gasteiger charge is -2.06. The Morgan fingerprint density at radius 1 is 1.60 bits per heavy atom. The zero-order valence-electron chi connectivity index (χ0n) is 8.29. The average Bonchev–Trinajstić information content (AvgIpc) is 2.18. The SMILES string of the molecule is COc1ccc(NC(=O)CCO)cc1F. The molecule has 0 aromatic heterocycles. The lowest BCUT2D eigenvalue weighted by molar-refractivity contribution is -0.116. The fourth-order valence-electron chi connectivity index (χ4n) is 1.07. The summed E-state index contributed by atoms with van der Waals surface area (Å²) < 4.78 is 17.9. The van der Waals surface area contributed by atoms with E-state index in [0.29, 0.717) is 5.69 Å². The molecule has 82 valence electrons. The molecular weight excluding hydrogens is 201 g/mol. The quantitative estimate of drug-likeness (QED) is 0.788. The molecule has 0 spiro atoms. The van der Waals surface area contributed by atoms with Gasteiger partial charge >= 0.3 is 0 Å². The van der Waals surface area contributed by atoms with E-state index >= 15 is 0 Å². The normalized spacial score (nSPS) is 9.80. The smallest absolute Gasteiger partial charge is 0.226 e. The molecule has 0 aliphatic heterocycles. The maximum absolute atomic E-state index is 13.2. The van der Waals surface area contributed by atoms with E-state index in [9.17, 15) is 9.18 Å². The topological polar surface area (TPSA) is 58.6 Å². The molecule has 0 saturated carbocycles. The third kappa shape index (κ3) is 3.21. The van der Waals surface area contributed by atoms with Crippen molar-refractivity contribution in [3.05, 3.63) is 24.0 Å².